The maximum absolute atomic E-state index is 13.0. The molecule has 3 aromatic carbocycles. The van der Waals surface area contributed by atoms with Gasteiger partial charge in [-0.2, -0.15) is 0 Å². The highest BCUT2D eigenvalue weighted by atomic mass is 35.5. The lowest BCUT2D eigenvalue weighted by molar-refractivity contribution is -0.122. The minimum atomic E-state index is -0.881. The number of hydrogen-bond acceptors (Lipinski definition) is 4. The van der Waals surface area contributed by atoms with Gasteiger partial charge < -0.3 is 4.74 Å². The van der Waals surface area contributed by atoms with Gasteiger partial charge >= 0.3 is 6.03 Å². The molecule has 1 aliphatic rings. The van der Waals surface area contributed by atoms with Gasteiger partial charge in [0.2, 0.25) is 0 Å². The number of carbonyl (C=O) groups excluding carboxylic acids is 3. The highest BCUT2D eigenvalue weighted by molar-refractivity contribution is 6.40. The monoisotopic (exact) mass is 534 g/mol. The summed E-state index contributed by atoms with van der Waals surface area (Å²) in [6.07, 6.45) is 1.29. The topological polar surface area (TPSA) is 75.7 Å². The van der Waals surface area contributed by atoms with Crippen molar-refractivity contribution in [3.05, 3.63) is 97.5 Å². The van der Waals surface area contributed by atoms with E-state index in [4.69, 9.17) is 51.1 Å². The molecule has 0 aromatic heterocycles. The molecule has 1 saturated heterocycles. The Kier molecular flexibility index (Phi) is 7.14. The van der Waals surface area contributed by atoms with Crippen LogP contribution < -0.4 is 15.0 Å². The van der Waals surface area contributed by atoms with Crippen LogP contribution in [0.1, 0.15) is 11.1 Å². The summed E-state index contributed by atoms with van der Waals surface area (Å²) in [5, 5.41) is 3.34. The minimum absolute atomic E-state index is 0.136. The number of carbonyl (C=O) groups is 3. The Bertz CT molecular complexity index is 1330. The quantitative estimate of drug-likeness (QED) is 0.297. The van der Waals surface area contributed by atoms with E-state index in [9.17, 15) is 14.4 Å². The Labute approximate surface area is 214 Å². The Morgan fingerprint density at radius 1 is 0.853 bits per heavy atom. The van der Waals surface area contributed by atoms with Crippen LogP contribution in [0.4, 0.5) is 10.5 Å². The van der Waals surface area contributed by atoms with E-state index in [1.807, 2.05) is 12.1 Å². The summed E-state index contributed by atoms with van der Waals surface area (Å²) in [5.41, 5.74) is 1.04. The van der Waals surface area contributed by atoms with Gasteiger partial charge in [0.1, 0.15) is 12.2 Å². The predicted octanol–water partition coefficient (Wildman–Crippen LogP) is 6.55. The third-order valence-corrected chi connectivity index (χ3v) is 5.99. The van der Waals surface area contributed by atoms with E-state index >= 15 is 0 Å². The van der Waals surface area contributed by atoms with Crippen LogP contribution in [0, 0.1) is 0 Å². The normalized spacial score (nSPS) is 15.0. The van der Waals surface area contributed by atoms with Crippen molar-refractivity contribution < 1.29 is 19.1 Å². The van der Waals surface area contributed by atoms with Crippen LogP contribution >= 0.6 is 46.4 Å². The van der Waals surface area contributed by atoms with E-state index in [1.165, 1.54) is 30.3 Å². The van der Waals surface area contributed by atoms with E-state index in [1.54, 1.807) is 24.3 Å². The molecular weight excluding hydrogens is 522 g/mol. The van der Waals surface area contributed by atoms with Crippen molar-refractivity contribution in [1.29, 1.82) is 0 Å². The molecule has 4 rings (SSSR count). The second kappa shape index (κ2) is 10.1. The van der Waals surface area contributed by atoms with Crippen molar-refractivity contribution in [3.8, 4) is 5.75 Å². The zero-order valence-electron chi connectivity index (χ0n) is 17.2. The molecule has 1 fully saturated rings. The molecule has 4 amide bonds. The molecule has 0 unspecified atom stereocenters. The van der Waals surface area contributed by atoms with Gasteiger partial charge in [-0.25, -0.2) is 9.69 Å². The number of hydrogen-bond donors (Lipinski definition) is 1. The molecule has 34 heavy (non-hydrogen) atoms. The zero-order valence-corrected chi connectivity index (χ0v) is 20.2. The lowest BCUT2D eigenvalue weighted by Gasteiger charge is -2.26. The Morgan fingerprint density at radius 2 is 1.56 bits per heavy atom. The van der Waals surface area contributed by atoms with Gasteiger partial charge in [-0.05, 0) is 48.0 Å². The number of nitrogens with one attached hydrogen (secondary N) is 1. The molecule has 0 radical (unpaired) electrons. The first kappa shape index (κ1) is 24.1. The standard InChI is InChI=1S/C24H14Cl4N2O4/c25-15-5-3-6-16(11-15)30-23(32)17(22(31)29-24(30)33)8-13-9-19(27)21(20(28)10-13)34-12-14-4-1-2-7-18(14)26/h1-11H,12H2,(H,29,31,33)/b17-8+. The van der Waals surface area contributed by atoms with Crippen molar-refractivity contribution in [2.24, 2.45) is 0 Å². The van der Waals surface area contributed by atoms with Crippen molar-refractivity contribution in [1.82, 2.24) is 5.32 Å². The molecule has 1 heterocycles. The first-order valence-electron chi connectivity index (χ1n) is 9.77. The number of urea groups is 1. The van der Waals surface area contributed by atoms with Gasteiger partial charge in [-0.15, -0.1) is 0 Å². The second-order valence-corrected chi connectivity index (χ2v) is 8.79. The molecule has 0 atom stereocenters. The molecule has 3 aromatic rings. The van der Waals surface area contributed by atoms with Crippen LogP contribution in [0.25, 0.3) is 6.08 Å². The average molecular weight is 536 g/mol. The molecule has 0 saturated carbocycles. The minimum Gasteiger partial charge on any atom is -0.486 e. The maximum atomic E-state index is 13.0. The van der Waals surface area contributed by atoms with Crippen LogP contribution in [-0.2, 0) is 16.2 Å². The summed E-state index contributed by atoms with van der Waals surface area (Å²) in [4.78, 5) is 38.6. The third kappa shape index (κ3) is 5.05. The predicted molar refractivity (Wildman–Crippen MR) is 133 cm³/mol. The number of anilines is 1. The number of halogens is 4. The summed E-state index contributed by atoms with van der Waals surface area (Å²) in [7, 11) is 0. The fourth-order valence-electron chi connectivity index (χ4n) is 3.24. The van der Waals surface area contributed by atoms with Crippen LogP contribution in [-0.4, -0.2) is 17.8 Å². The van der Waals surface area contributed by atoms with Gasteiger partial charge in [0.25, 0.3) is 11.8 Å². The van der Waals surface area contributed by atoms with Gasteiger partial charge in [0.05, 0.1) is 15.7 Å². The van der Waals surface area contributed by atoms with E-state index < -0.39 is 17.8 Å². The Balaban J connectivity index is 1.62. The van der Waals surface area contributed by atoms with Gasteiger partial charge in [0, 0.05) is 15.6 Å². The number of amides is 4. The highest BCUT2D eigenvalue weighted by Crippen LogP contribution is 2.36. The van der Waals surface area contributed by atoms with Gasteiger partial charge in [-0.3, -0.25) is 14.9 Å². The number of ether oxygens (including phenoxy) is 1. The zero-order chi connectivity index (χ0) is 24.4. The van der Waals surface area contributed by atoms with E-state index in [2.05, 4.69) is 5.32 Å². The summed E-state index contributed by atoms with van der Waals surface area (Å²) in [5.74, 6) is -1.44. The van der Waals surface area contributed by atoms with Crippen molar-refractivity contribution in [2.75, 3.05) is 4.90 Å². The van der Waals surface area contributed by atoms with Crippen molar-refractivity contribution in [2.45, 2.75) is 6.61 Å². The first-order chi connectivity index (χ1) is 16.2. The summed E-state index contributed by atoms with van der Waals surface area (Å²) in [6.45, 7) is 0.136. The lowest BCUT2D eigenvalue weighted by atomic mass is 10.1. The van der Waals surface area contributed by atoms with Gasteiger partial charge in [-0.1, -0.05) is 70.7 Å². The smallest absolute Gasteiger partial charge is 0.335 e. The van der Waals surface area contributed by atoms with Gasteiger partial charge in [0.15, 0.2) is 5.75 Å². The van der Waals surface area contributed by atoms with Crippen LogP contribution in [0.15, 0.2) is 66.2 Å². The second-order valence-electron chi connectivity index (χ2n) is 7.13. The molecule has 1 N–H and O–H groups in total. The Hall–Kier alpha value is -3.03. The van der Waals surface area contributed by atoms with Crippen molar-refractivity contribution >= 4 is 76.0 Å². The SMILES string of the molecule is O=C1NC(=O)N(c2cccc(Cl)c2)C(=O)/C1=C/c1cc(Cl)c(OCc2ccccc2Cl)c(Cl)c1. The fourth-order valence-corrected chi connectivity index (χ4v) is 4.23. The van der Waals surface area contributed by atoms with E-state index in [0.717, 1.165) is 10.5 Å². The molecule has 10 heteroatoms. The summed E-state index contributed by atoms with van der Waals surface area (Å²) in [6, 6.07) is 15.4. The molecule has 0 aliphatic carbocycles. The van der Waals surface area contributed by atoms with E-state index in [-0.39, 0.29) is 33.7 Å². The molecule has 1 aliphatic heterocycles. The van der Waals surface area contributed by atoms with Crippen LogP contribution in [0.5, 0.6) is 5.75 Å². The lowest BCUT2D eigenvalue weighted by Crippen LogP contribution is -2.54. The largest absolute Gasteiger partial charge is 0.486 e. The third-order valence-electron chi connectivity index (χ3n) is 4.83. The first-order valence-corrected chi connectivity index (χ1v) is 11.3. The highest BCUT2D eigenvalue weighted by Gasteiger charge is 2.37. The van der Waals surface area contributed by atoms with Crippen LogP contribution in [0.2, 0.25) is 20.1 Å². The fraction of sp³-hybridized carbons (Fsp3) is 0.0417. The average Bonchev–Trinajstić information content (AvgIpc) is 2.77. The number of barbiturate groups is 1. The number of benzene rings is 3. The maximum Gasteiger partial charge on any atom is 0.335 e. The molecule has 0 spiro atoms. The summed E-state index contributed by atoms with van der Waals surface area (Å²) >= 11 is 24.8. The molecule has 172 valence electrons. The molecular formula is C24H14Cl4N2O4. The molecule has 6 nitrogen and oxygen atoms in total. The number of imide groups is 2. The summed E-state index contributed by atoms with van der Waals surface area (Å²) < 4.78 is 5.74. The number of nitrogens with zero attached hydrogens (tertiary/aromatic N) is 1. The number of rotatable bonds is 5. The molecule has 0 bridgehead atoms. The van der Waals surface area contributed by atoms with E-state index in [0.29, 0.717) is 15.6 Å². The Morgan fingerprint density at radius 3 is 2.24 bits per heavy atom. The van der Waals surface area contributed by atoms with Crippen LogP contribution in [0.3, 0.4) is 0 Å². The van der Waals surface area contributed by atoms with Crippen molar-refractivity contribution in [3.63, 3.8) is 0 Å².